The maximum Gasteiger partial charge on any atom is 0.140 e. The molecule has 4 aromatic rings. The summed E-state index contributed by atoms with van der Waals surface area (Å²) < 4.78 is 7.05. The van der Waals surface area contributed by atoms with Crippen molar-refractivity contribution < 1.29 is 4.74 Å². The average Bonchev–Trinajstić information content (AvgIpc) is 3.22. The molecule has 0 aliphatic carbocycles. The number of aromatic nitrogens is 1. The Morgan fingerprint density at radius 1 is 0.909 bits per heavy atom. The lowest BCUT2D eigenvalue weighted by Crippen LogP contribution is -1.94. The summed E-state index contributed by atoms with van der Waals surface area (Å²) in [6, 6.07) is 18.5. The molecular formula is C18H13NOS2. The third-order valence-electron chi connectivity index (χ3n) is 3.41. The predicted octanol–water partition coefficient (Wildman–Crippen LogP) is 5.60. The highest BCUT2D eigenvalue weighted by molar-refractivity contribution is 7.18. The summed E-state index contributed by atoms with van der Waals surface area (Å²) in [6.07, 6.45) is 0. The van der Waals surface area contributed by atoms with Gasteiger partial charge in [0, 0.05) is 0 Å². The number of thiophene rings is 1. The molecule has 0 bridgehead atoms. The molecule has 0 fully saturated rings. The Hall–Kier alpha value is -2.17. The molecule has 0 N–H and O–H groups in total. The molecule has 0 radical (unpaired) electrons. The highest BCUT2D eigenvalue weighted by Gasteiger charge is 2.04. The van der Waals surface area contributed by atoms with E-state index in [0.29, 0.717) is 6.61 Å². The molecule has 0 saturated heterocycles. The standard InChI is InChI=1S/C18H13NOS2/c1-2-4-17-16(3-1)19-18(22-17)11-20-15-7-5-13(6-8-15)14-9-10-21-12-14/h1-10,12H,11H2. The summed E-state index contributed by atoms with van der Waals surface area (Å²) in [5, 5.41) is 5.24. The zero-order valence-electron chi connectivity index (χ0n) is 11.7. The minimum Gasteiger partial charge on any atom is -0.486 e. The lowest BCUT2D eigenvalue weighted by molar-refractivity contribution is 0.306. The van der Waals surface area contributed by atoms with Gasteiger partial charge in [-0.2, -0.15) is 11.3 Å². The number of hydrogen-bond acceptors (Lipinski definition) is 4. The zero-order valence-corrected chi connectivity index (χ0v) is 13.4. The molecule has 0 amide bonds. The lowest BCUT2D eigenvalue weighted by atomic mass is 10.1. The predicted molar refractivity (Wildman–Crippen MR) is 93.7 cm³/mol. The van der Waals surface area contributed by atoms with Gasteiger partial charge < -0.3 is 4.74 Å². The van der Waals surface area contributed by atoms with Crippen LogP contribution in [0.15, 0.2) is 65.4 Å². The van der Waals surface area contributed by atoms with Crippen molar-refractivity contribution in [2.75, 3.05) is 0 Å². The fraction of sp³-hybridized carbons (Fsp3) is 0.0556. The highest BCUT2D eigenvalue weighted by Crippen LogP contribution is 2.26. The van der Waals surface area contributed by atoms with Crippen molar-refractivity contribution in [3.05, 3.63) is 70.4 Å². The van der Waals surface area contributed by atoms with Crippen LogP contribution in [0.3, 0.4) is 0 Å². The number of hydrogen-bond donors (Lipinski definition) is 0. The van der Waals surface area contributed by atoms with Crippen LogP contribution in [-0.4, -0.2) is 4.98 Å². The van der Waals surface area contributed by atoms with Crippen LogP contribution in [0.5, 0.6) is 5.75 Å². The second-order valence-electron chi connectivity index (χ2n) is 4.90. The van der Waals surface area contributed by atoms with Gasteiger partial charge in [0.2, 0.25) is 0 Å². The number of thiazole rings is 1. The van der Waals surface area contributed by atoms with Crippen molar-refractivity contribution in [1.29, 1.82) is 0 Å². The van der Waals surface area contributed by atoms with Gasteiger partial charge in [0.25, 0.3) is 0 Å². The summed E-state index contributed by atoms with van der Waals surface area (Å²) in [5.41, 5.74) is 3.51. The molecule has 2 nitrogen and oxygen atoms in total. The largest absolute Gasteiger partial charge is 0.486 e. The Balaban J connectivity index is 1.47. The molecule has 2 heterocycles. The van der Waals surface area contributed by atoms with Gasteiger partial charge in [0.15, 0.2) is 0 Å². The van der Waals surface area contributed by atoms with Crippen molar-refractivity contribution in [2.24, 2.45) is 0 Å². The molecule has 0 spiro atoms. The van der Waals surface area contributed by atoms with E-state index in [-0.39, 0.29) is 0 Å². The minimum absolute atomic E-state index is 0.511. The van der Waals surface area contributed by atoms with Gasteiger partial charge in [-0.3, -0.25) is 0 Å². The van der Waals surface area contributed by atoms with E-state index in [2.05, 4.69) is 40.0 Å². The first-order chi connectivity index (χ1) is 10.9. The zero-order chi connectivity index (χ0) is 14.8. The van der Waals surface area contributed by atoms with E-state index in [4.69, 9.17) is 4.74 Å². The average molecular weight is 323 g/mol. The van der Waals surface area contributed by atoms with E-state index < -0.39 is 0 Å². The monoisotopic (exact) mass is 323 g/mol. The second kappa shape index (κ2) is 5.91. The van der Waals surface area contributed by atoms with Crippen LogP contribution in [-0.2, 0) is 6.61 Å². The molecule has 4 rings (SSSR count). The van der Waals surface area contributed by atoms with Crippen molar-refractivity contribution >= 4 is 32.9 Å². The Morgan fingerprint density at radius 2 is 1.77 bits per heavy atom. The quantitative estimate of drug-likeness (QED) is 0.487. The minimum atomic E-state index is 0.511. The normalized spacial score (nSPS) is 10.9. The summed E-state index contributed by atoms with van der Waals surface area (Å²) in [6.45, 7) is 0.511. The smallest absolute Gasteiger partial charge is 0.140 e. The molecule has 0 aliphatic heterocycles. The van der Waals surface area contributed by atoms with Gasteiger partial charge >= 0.3 is 0 Å². The van der Waals surface area contributed by atoms with E-state index >= 15 is 0 Å². The van der Waals surface area contributed by atoms with Crippen LogP contribution in [0.25, 0.3) is 21.3 Å². The molecule has 108 valence electrons. The molecule has 0 unspecified atom stereocenters. The Labute approximate surface area is 136 Å². The van der Waals surface area contributed by atoms with Gasteiger partial charge in [-0.05, 0) is 52.2 Å². The van der Waals surface area contributed by atoms with Crippen LogP contribution >= 0.6 is 22.7 Å². The fourth-order valence-electron chi connectivity index (χ4n) is 2.30. The van der Waals surface area contributed by atoms with Crippen molar-refractivity contribution in [2.45, 2.75) is 6.61 Å². The maximum atomic E-state index is 5.84. The van der Waals surface area contributed by atoms with E-state index in [1.165, 1.54) is 15.8 Å². The maximum absolute atomic E-state index is 5.84. The summed E-state index contributed by atoms with van der Waals surface area (Å²) in [5.74, 6) is 0.873. The van der Waals surface area contributed by atoms with Crippen molar-refractivity contribution in [3.63, 3.8) is 0 Å². The van der Waals surface area contributed by atoms with Crippen molar-refractivity contribution in [3.8, 4) is 16.9 Å². The topological polar surface area (TPSA) is 22.1 Å². The van der Waals surface area contributed by atoms with Gasteiger partial charge in [-0.25, -0.2) is 4.98 Å². The Morgan fingerprint density at radius 3 is 2.55 bits per heavy atom. The van der Waals surface area contributed by atoms with Gasteiger partial charge in [-0.1, -0.05) is 24.3 Å². The second-order valence-corrected chi connectivity index (χ2v) is 6.80. The summed E-state index contributed by atoms with van der Waals surface area (Å²) >= 11 is 3.39. The SMILES string of the molecule is c1ccc2sc(COc3ccc(-c4ccsc4)cc3)nc2c1. The van der Waals surface area contributed by atoms with Gasteiger partial charge in [-0.15, -0.1) is 11.3 Å². The first-order valence-corrected chi connectivity index (χ1v) is 8.74. The van der Waals surface area contributed by atoms with Crippen LogP contribution in [0.2, 0.25) is 0 Å². The summed E-state index contributed by atoms with van der Waals surface area (Å²) in [4.78, 5) is 4.58. The Bertz CT molecular complexity index is 846. The fourth-order valence-corrected chi connectivity index (χ4v) is 3.84. The third kappa shape index (κ3) is 2.75. The van der Waals surface area contributed by atoms with Crippen LogP contribution in [0.1, 0.15) is 5.01 Å². The summed E-state index contributed by atoms with van der Waals surface area (Å²) in [7, 11) is 0. The molecule has 2 aromatic carbocycles. The third-order valence-corrected chi connectivity index (χ3v) is 5.10. The number of ether oxygens (including phenoxy) is 1. The van der Waals surface area contributed by atoms with E-state index in [1.807, 2.05) is 30.3 Å². The van der Waals surface area contributed by atoms with Crippen molar-refractivity contribution in [1.82, 2.24) is 4.98 Å². The van der Waals surface area contributed by atoms with E-state index in [0.717, 1.165) is 16.3 Å². The lowest BCUT2D eigenvalue weighted by Gasteiger charge is -2.05. The molecule has 4 heteroatoms. The van der Waals surface area contributed by atoms with E-state index in [9.17, 15) is 0 Å². The van der Waals surface area contributed by atoms with Gasteiger partial charge in [0.1, 0.15) is 17.4 Å². The highest BCUT2D eigenvalue weighted by atomic mass is 32.1. The molecular weight excluding hydrogens is 310 g/mol. The molecule has 0 saturated carbocycles. The first-order valence-electron chi connectivity index (χ1n) is 6.98. The Kier molecular flexibility index (Phi) is 3.62. The van der Waals surface area contributed by atoms with Gasteiger partial charge in [0.05, 0.1) is 10.2 Å². The number of nitrogens with zero attached hydrogens (tertiary/aromatic N) is 1. The number of benzene rings is 2. The van der Waals surface area contributed by atoms with Crippen LogP contribution in [0.4, 0.5) is 0 Å². The number of fused-ring (bicyclic) bond motifs is 1. The number of para-hydroxylation sites is 1. The first kappa shape index (κ1) is 13.5. The van der Waals surface area contributed by atoms with Crippen LogP contribution < -0.4 is 4.74 Å². The molecule has 2 aromatic heterocycles. The van der Waals surface area contributed by atoms with E-state index in [1.54, 1.807) is 22.7 Å². The molecule has 0 aliphatic rings. The molecule has 22 heavy (non-hydrogen) atoms. The molecule has 0 atom stereocenters. The number of rotatable bonds is 4. The van der Waals surface area contributed by atoms with Crippen LogP contribution in [0, 0.1) is 0 Å².